The number of aliphatic hydroxyl groups excluding tert-OH is 1. The summed E-state index contributed by atoms with van der Waals surface area (Å²) in [5.74, 6) is -0.777. The topological polar surface area (TPSA) is 76.3 Å². The number of amides is 1. The number of carbonyl (C=O) groups is 1. The Morgan fingerprint density at radius 2 is 1.62 bits per heavy atom. The fourth-order valence-electron chi connectivity index (χ4n) is 3.65. The van der Waals surface area contributed by atoms with Gasteiger partial charge in [-0.05, 0) is 49.2 Å². The van der Waals surface area contributed by atoms with Crippen LogP contribution in [0.3, 0.4) is 0 Å². The normalized spacial score (nSPS) is 13.5. The third-order valence-corrected chi connectivity index (χ3v) is 5.85. The van der Waals surface area contributed by atoms with Gasteiger partial charge in [0.25, 0.3) is 0 Å². The molecule has 6 nitrogen and oxygen atoms in total. The first kappa shape index (κ1) is 28.3. The summed E-state index contributed by atoms with van der Waals surface area (Å²) in [4.78, 5) is 25.7. The Bertz CT molecular complexity index is 1330. The highest BCUT2D eigenvalue weighted by atomic mass is 35.5. The number of alkyl halides is 6. The van der Waals surface area contributed by atoms with Crippen molar-refractivity contribution < 1.29 is 36.2 Å². The molecule has 2 N–H and O–H groups in total. The quantitative estimate of drug-likeness (QED) is 0.409. The second-order valence-electron chi connectivity index (χ2n) is 8.85. The molecule has 0 aliphatic heterocycles. The van der Waals surface area contributed by atoms with Crippen molar-refractivity contribution in [1.82, 2.24) is 14.5 Å². The van der Waals surface area contributed by atoms with Crippen LogP contribution in [-0.2, 0) is 29.6 Å². The van der Waals surface area contributed by atoms with Crippen molar-refractivity contribution in [1.29, 1.82) is 0 Å². The Labute approximate surface area is 212 Å². The van der Waals surface area contributed by atoms with Crippen molar-refractivity contribution in [3.8, 4) is 11.3 Å². The first-order valence-electron chi connectivity index (χ1n) is 10.8. The fourth-order valence-corrected chi connectivity index (χ4v) is 3.77. The van der Waals surface area contributed by atoms with Gasteiger partial charge >= 0.3 is 18.0 Å². The third-order valence-electron chi connectivity index (χ3n) is 5.60. The average molecular weight is 550 g/mol. The van der Waals surface area contributed by atoms with Crippen molar-refractivity contribution in [3.63, 3.8) is 0 Å². The predicted octanol–water partition coefficient (Wildman–Crippen LogP) is 4.96. The molecule has 3 aromatic rings. The van der Waals surface area contributed by atoms with Crippen LogP contribution < -0.4 is 11.0 Å². The number of nitrogens with zero attached hydrogens (tertiary/aromatic N) is 2. The summed E-state index contributed by atoms with van der Waals surface area (Å²) in [6.07, 6.45) is -11.3. The molecule has 1 heterocycles. The van der Waals surface area contributed by atoms with Crippen LogP contribution in [0.2, 0.25) is 5.02 Å². The van der Waals surface area contributed by atoms with Crippen LogP contribution in [0, 0.1) is 0 Å². The summed E-state index contributed by atoms with van der Waals surface area (Å²) < 4.78 is 79.8. The molecule has 13 heteroatoms. The fraction of sp³-hybridized carbons (Fsp3) is 0.333. The summed E-state index contributed by atoms with van der Waals surface area (Å²) in [5, 5.41) is 12.4. The Morgan fingerprint density at radius 1 is 1.03 bits per heavy atom. The van der Waals surface area contributed by atoms with Gasteiger partial charge in [-0.15, -0.1) is 0 Å². The van der Waals surface area contributed by atoms with Gasteiger partial charge in [0.1, 0.15) is 6.54 Å². The lowest BCUT2D eigenvalue weighted by Gasteiger charge is -2.27. The Morgan fingerprint density at radius 3 is 2.19 bits per heavy atom. The van der Waals surface area contributed by atoms with Crippen molar-refractivity contribution in [2.45, 2.75) is 50.9 Å². The number of hydrogen-bond acceptors (Lipinski definition) is 3. The summed E-state index contributed by atoms with van der Waals surface area (Å²) >= 11 is 5.86. The van der Waals surface area contributed by atoms with Crippen LogP contribution in [-0.4, -0.2) is 32.4 Å². The zero-order valence-electron chi connectivity index (χ0n) is 19.5. The van der Waals surface area contributed by atoms with E-state index in [1.165, 1.54) is 50.2 Å². The number of nitrogens with one attached hydrogen (secondary N) is 1. The molecule has 0 radical (unpaired) electrons. The van der Waals surface area contributed by atoms with Crippen LogP contribution in [0.1, 0.15) is 25.0 Å². The molecule has 3 rings (SSSR count). The van der Waals surface area contributed by atoms with Crippen LogP contribution in [0.25, 0.3) is 11.3 Å². The largest absolute Gasteiger partial charge is 0.416 e. The van der Waals surface area contributed by atoms with Gasteiger partial charge in [0, 0.05) is 11.2 Å². The standard InChI is InChI=1S/C24H22ClF6N3O3/c1-22(2,15-4-3-5-16(10-15)23(26,27)28)32-20(36)13-33-11-18(14-6-8-17(25)9-7-14)34(21(33)37)12-19(35)24(29,30)31/h3-11,19,35H,12-13H2,1-2H3,(H,32,36). The lowest BCUT2D eigenvalue weighted by molar-refractivity contribution is -0.207. The molecular weight excluding hydrogens is 528 g/mol. The predicted molar refractivity (Wildman–Crippen MR) is 124 cm³/mol. The maximum atomic E-state index is 13.1. The minimum atomic E-state index is -4.99. The highest BCUT2D eigenvalue weighted by molar-refractivity contribution is 6.30. The lowest BCUT2D eigenvalue weighted by Crippen LogP contribution is -2.44. The molecule has 2 aromatic carbocycles. The molecule has 0 saturated carbocycles. The van der Waals surface area contributed by atoms with Gasteiger partial charge in [0.2, 0.25) is 5.91 Å². The highest BCUT2D eigenvalue weighted by Crippen LogP contribution is 2.32. The van der Waals surface area contributed by atoms with Gasteiger partial charge in [-0.25, -0.2) is 4.79 Å². The molecule has 200 valence electrons. The van der Waals surface area contributed by atoms with E-state index in [9.17, 15) is 41.0 Å². The molecule has 0 fully saturated rings. The van der Waals surface area contributed by atoms with Gasteiger partial charge < -0.3 is 10.4 Å². The smallest absolute Gasteiger partial charge is 0.382 e. The first-order chi connectivity index (χ1) is 17.0. The van der Waals surface area contributed by atoms with Crippen molar-refractivity contribution in [2.75, 3.05) is 0 Å². The van der Waals surface area contributed by atoms with E-state index in [4.69, 9.17) is 11.6 Å². The van der Waals surface area contributed by atoms with E-state index >= 15 is 0 Å². The maximum Gasteiger partial charge on any atom is 0.416 e. The molecular formula is C24H22ClF6N3O3. The molecule has 0 aliphatic rings. The highest BCUT2D eigenvalue weighted by Gasteiger charge is 2.39. The number of halogens is 7. The second kappa shape index (κ2) is 10.3. The van der Waals surface area contributed by atoms with Crippen LogP contribution in [0.4, 0.5) is 26.3 Å². The molecule has 1 atom stereocenters. The zero-order valence-corrected chi connectivity index (χ0v) is 20.2. The molecule has 37 heavy (non-hydrogen) atoms. The van der Waals surface area contributed by atoms with Crippen molar-refractivity contribution >= 4 is 17.5 Å². The van der Waals surface area contributed by atoms with Crippen molar-refractivity contribution in [2.24, 2.45) is 0 Å². The van der Waals surface area contributed by atoms with E-state index < -0.39 is 54.2 Å². The molecule has 0 spiro atoms. The average Bonchev–Trinajstić information content (AvgIpc) is 3.08. The summed E-state index contributed by atoms with van der Waals surface area (Å²) in [6, 6.07) is 10.2. The van der Waals surface area contributed by atoms with Crippen LogP contribution in [0.5, 0.6) is 0 Å². The maximum absolute atomic E-state index is 13.1. The molecule has 0 bridgehead atoms. The first-order valence-corrected chi connectivity index (χ1v) is 11.2. The number of aromatic nitrogens is 2. The van der Waals surface area contributed by atoms with E-state index in [0.29, 0.717) is 15.2 Å². The monoisotopic (exact) mass is 549 g/mol. The SMILES string of the molecule is CC(C)(NC(=O)Cn1cc(-c2ccc(Cl)cc2)n(CC(O)C(F)(F)F)c1=O)c1cccc(C(F)(F)F)c1. The van der Waals surface area contributed by atoms with E-state index in [0.717, 1.165) is 22.9 Å². The Kier molecular flexibility index (Phi) is 7.85. The van der Waals surface area contributed by atoms with Gasteiger partial charge in [0.05, 0.1) is 23.3 Å². The van der Waals surface area contributed by atoms with Crippen molar-refractivity contribution in [3.05, 3.63) is 81.4 Å². The lowest BCUT2D eigenvalue weighted by atomic mass is 9.92. The van der Waals surface area contributed by atoms with E-state index in [-0.39, 0.29) is 11.3 Å². The molecule has 1 unspecified atom stereocenters. The molecule has 0 saturated heterocycles. The Balaban J connectivity index is 1.91. The number of hydrogen-bond donors (Lipinski definition) is 2. The van der Waals surface area contributed by atoms with Gasteiger partial charge in [-0.3, -0.25) is 13.9 Å². The number of rotatable bonds is 7. The third kappa shape index (κ3) is 6.75. The summed E-state index contributed by atoms with van der Waals surface area (Å²) in [6.45, 7) is 1.17. The molecule has 1 aromatic heterocycles. The van der Waals surface area contributed by atoms with Crippen LogP contribution in [0.15, 0.2) is 59.5 Å². The number of imidazole rings is 1. The molecule has 0 aliphatic carbocycles. The zero-order chi connectivity index (χ0) is 27.8. The van der Waals surface area contributed by atoms with Gasteiger partial charge in [-0.1, -0.05) is 35.9 Å². The molecule has 1 amide bonds. The number of benzene rings is 2. The number of carbonyl (C=O) groups excluding carboxylic acids is 1. The van der Waals surface area contributed by atoms with E-state index in [1.807, 2.05) is 0 Å². The minimum absolute atomic E-state index is 0.00472. The van der Waals surface area contributed by atoms with Gasteiger partial charge in [0.15, 0.2) is 6.10 Å². The number of aliphatic hydroxyl groups is 1. The van der Waals surface area contributed by atoms with Gasteiger partial charge in [-0.2, -0.15) is 26.3 Å². The Hall–Kier alpha value is -3.25. The summed E-state index contributed by atoms with van der Waals surface area (Å²) in [5.41, 5.74) is -2.74. The summed E-state index contributed by atoms with van der Waals surface area (Å²) in [7, 11) is 0. The van der Waals surface area contributed by atoms with E-state index in [2.05, 4.69) is 5.32 Å². The van der Waals surface area contributed by atoms with Crippen LogP contribution >= 0.6 is 11.6 Å². The minimum Gasteiger partial charge on any atom is -0.382 e. The second-order valence-corrected chi connectivity index (χ2v) is 9.29. The van der Waals surface area contributed by atoms with E-state index in [1.54, 1.807) is 0 Å².